The summed E-state index contributed by atoms with van der Waals surface area (Å²) in [7, 11) is 0. The first-order valence-corrected chi connectivity index (χ1v) is 7.76. The Hall–Kier alpha value is -2.34. The molecule has 7 heteroatoms. The Balaban J connectivity index is 2.08. The number of nitrogens with one attached hydrogen (secondary N) is 1. The number of unbranched alkanes of at least 4 members (excludes halogenated alkanes) is 1. The Labute approximate surface area is 139 Å². The third-order valence-corrected chi connectivity index (χ3v) is 3.74. The molecule has 0 fully saturated rings. The fourth-order valence-electron chi connectivity index (χ4n) is 2.05. The van der Waals surface area contributed by atoms with Crippen molar-refractivity contribution < 1.29 is 9.90 Å². The zero-order valence-electron chi connectivity index (χ0n) is 13.1. The van der Waals surface area contributed by atoms with E-state index in [1.165, 1.54) is 18.3 Å². The van der Waals surface area contributed by atoms with Crippen molar-refractivity contribution in [1.29, 1.82) is 0 Å². The van der Waals surface area contributed by atoms with Gasteiger partial charge in [-0.25, -0.2) is 5.43 Å². The molecule has 6 nitrogen and oxygen atoms in total. The maximum Gasteiger partial charge on any atom is 0.275 e. The third-order valence-electron chi connectivity index (χ3n) is 3.34. The summed E-state index contributed by atoms with van der Waals surface area (Å²) in [6, 6.07) is 6.26. The average molecular weight is 335 g/mol. The largest absolute Gasteiger partial charge is 0.507 e. The molecule has 0 aliphatic carbocycles. The van der Waals surface area contributed by atoms with Gasteiger partial charge in [0.05, 0.1) is 23.0 Å². The second-order valence-electron chi connectivity index (χ2n) is 5.08. The van der Waals surface area contributed by atoms with Crippen molar-refractivity contribution in [2.24, 2.45) is 5.10 Å². The molecule has 0 bridgehead atoms. The topological polar surface area (TPSA) is 79.5 Å². The Morgan fingerprint density at radius 2 is 2.22 bits per heavy atom. The van der Waals surface area contributed by atoms with Gasteiger partial charge in [-0.05, 0) is 25.5 Å². The van der Waals surface area contributed by atoms with Crippen LogP contribution in [0.1, 0.15) is 41.4 Å². The Morgan fingerprint density at radius 1 is 1.48 bits per heavy atom. The van der Waals surface area contributed by atoms with Crippen molar-refractivity contribution in [3.63, 3.8) is 0 Å². The molecule has 1 aromatic carbocycles. The highest BCUT2D eigenvalue weighted by molar-refractivity contribution is 6.32. The van der Waals surface area contributed by atoms with Crippen LogP contribution in [0.5, 0.6) is 5.75 Å². The van der Waals surface area contributed by atoms with Gasteiger partial charge in [0.15, 0.2) is 0 Å². The summed E-state index contributed by atoms with van der Waals surface area (Å²) >= 11 is 6.28. The van der Waals surface area contributed by atoms with Crippen LogP contribution < -0.4 is 5.43 Å². The summed E-state index contributed by atoms with van der Waals surface area (Å²) in [5.41, 5.74) is 3.94. The first-order valence-electron chi connectivity index (χ1n) is 7.39. The van der Waals surface area contributed by atoms with Gasteiger partial charge in [0.2, 0.25) is 0 Å². The van der Waals surface area contributed by atoms with Crippen LogP contribution in [0.15, 0.2) is 29.4 Å². The summed E-state index contributed by atoms with van der Waals surface area (Å²) in [4.78, 5) is 11.9. The number of aromatic hydroxyl groups is 1. The molecule has 0 saturated heterocycles. The first-order chi connectivity index (χ1) is 11.0. The number of hydrogen-bond acceptors (Lipinski definition) is 4. The zero-order valence-corrected chi connectivity index (χ0v) is 13.8. The van der Waals surface area contributed by atoms with Gasteiger partial charge >= 0.3 is 0 Å². The van der Waals surface area contributed by atoms with E-state index in [0.29, 0.717) is 10.7 Å². The minimum absolute atomic E-state index is 0.0956. The number of benzene rings is 1. The fraction of sp³-hybridized carbons (Fsp3) is 0.312. The number of aromatic nitrogens is 2. The fourth-order valence-corrected chi connectivity index (χ4v) is 2.36. The number of halogens is 1. The van der Waals surface area contributed by atoms with Crippen LogP contribution in [-0.2, 0) is 6.54 Å². The molecule has 1 aromatic heterocycles. The first kappa shape index (κ1) is 17.0. The normalized spacial score (nSPS) is 11.1. The summed E-state index contributed by atoms with van der Waals surface area (Å²) in [5.74, 6) is -0.590. The predicted molar refractivity (Wildman–Crippen MR) is 90.0 cm³/mol. The number of rotatable bonds is 6. The minimum Gasteiger partial charge on any atom is -0.507 e. The Morgan fingerprint density at radius 3 is 2.91 bits per heavy atom. The van der Waals surface area contributed by atoms with E-state index in [-0.39, 0.29) is 11.3 Å². The SMILES string of the molecule is CCCCn1nc(C)c(/C=N\NC(=O)c2ccccc2O)c1Cl. The van der Waals surface area contributed by atoms with E-state index in [9.17, 15) is 9.90 Å². The van der Waals surface area contributed by atoms with Crippen molar-refractivity contribution in [3.8, 4) is 5.75 Å². The molecule has 23 heavy (non-hydrogen) atoms. The lowest BCUT2D eigenvalue weighted by Gasteiger charge is -2.02. The maximum absolute atomic E-state index is 11.9. The summed E-state index contributed by atoms with van der Waals surface area (Å²) in [6.07, 6.45) is 3.50. The van der Waals surface area contributed by atoms with Gasteiger partial charge in [0, 0.05) is 6.54 Å². The summed E-state index contributed by atoms with van der Waals surface area (Å²) in [6.45, 7) is 4.68. The molecule has 0 spiro atoms. The third kappa shape index (κ3) is 4.10. The van der Waals surface area contributed by atoms with Gasteiger partial charge in [-0.1, -0.05) is 37.1 Å². The van der Waals surface area contributed by atoms with Crippen molar-refractivity contribution in [1.82, 2.24) is 15.2 Å². The van der Waals surface area contributed by atoms with Crippen LogP contribution in [0, 0.1) is 6.92 Å². The number of amides is 1. The van der Waals surface area contributed by atoms with E-state index in [1.807, 2.05) is 6.92 Å². The van der Waals surface area contributed by atoms with E-state index >= 15 is 0 Å². The standard InChI is InChI=1S/C16H19ClN4O2/c1-3-4-9-21-15(17)13(11(2)20-21)10-18-19-16(23)12-7-5-6-8-14(12)22/h5-8,10,22H,3-4,9H2,1-2H3,(H,19,23)/b18-10-. The van der Waals surface area contributed by atoms with E-state index in [1.54, 1.807) is 16.8 Å². The molecule has 2 rings (SSSR count). The number of carbonyl (C=O) groups is 1. The van der Waals surface area contributed by atoms with Gasteiger partial charge in [-0.2, -0.15) is 10.2 Å². The number of phenolic OH excluding ortho intramolecular Hbond substituents is 1. The quantitative estimate of drug-likeness (QED) is 0.629. The number of phenols is 1. The second-order valence-corrected chi connectivity index (χ2v) is 5.44. The maximum atomic E-state index is 11.9. The van der Waals surface area contributed by atoms with Crippen LogP contribution in [0.4, 0.5) is 0 Å². The van der Waals surface area contributed by atoms with Gasteiger partial charge in [-0.15, -0.1) is 0 Å². The van der Waals surface area contributed by atoms with Crippen molar-refractivity contribution >= 4 is 23.7 Å². The monoisotopic (exact) mass is 334 g/mol. The highest BCUT2D eigenvalue weighted by atomic mass is 35.5. The molecule has 0 radical (unpaired) electrons. The zero-order chi connectivity index (χ0) is 16.8. The second kappa shape index (κ2) is 7.78. The van der Waals surface area contributed by atoms with Crippen LogP contribution in [0.2, 0.25) is 5.15 Å². The highest BCUT2D eigenvalue weighted by Crippen LogP contribution is 2.18. The van der Waals surface area contributed by atoms with Gasteiger partial charge < -0.3 is 5.11 Å². The predicted octanol–water partition coefficient (Wildman–Crippen LogP) is 3.11. The molecule has 0 atom stereocenters. The highest BCUT2D eigenvalue weighted by Gasteiger charge is 2.12. The molecule has 1 heterocycles. The smallest absolute Gasteiger partial charge is 0.275 e. The number of aryl methyl sites for hydroxylation is 2. The molecule has 2 aromatic rings. The lowest BCUT2D eigenvalue weighted by Crippen LogP contribution is -2.17. The minimum atomic E-state index is -0.494. The molecule has 122 valence electrons. The molecule has 0 unspecified atom stereocenters. The van der Waals surface area contributed by atoms with Crippen LogP contribution >= 0.6 is 11.6 Å². The molecule has 0 aliphatic rings. The van der Waals surface area contributed by atoms with E-state index in [2.05, 4.69) is 22.5 Å². The number of carbonyl (C=O) groups excluding carboxylic acids is 1. The van der Waals surface area contributed by atoms with E-state index in [4.69, 9.17) is 11.6 Å². The molecule has 1 amide bonds. The molecule has 0 saturated carbocycles. The lowest BCUT2D eigenvalue weighted by molar-refractivity contribution is 0.0952. The van der Waals surface area contributed by atoms with Gasteiger partial charge in [0.1, 0.15) is 10.9 Å². The summed E-state index contributed by atoms with van der Waals surface area (Å²) < 4.78 is 1.73. The van der Waals surface area contributed by atoms with Gasteiger partial charge in [0.25, 0.3) is 5.91 Å². The number of hydrogen-bond donors (Lipinski definition) is 2. The van der Waals surface area contributed by atoms with Crippen LogP contribution in [0.3, 0.4) is 0 Å². The Kier molecular flexibility index (Phi) is 5.76. The van der Waals surface area contributed by atoms with Crippen molar-refractivity contribution in [3.05, 3.63) is 46.2 Å². The number of hydrazone groups is 1. The Bertz CT molecular complexity index is 725. The number of nitrogens with zero attached hydrogens (tertiary/aromatic N) is 3. The van der Waals surface area contributed by atoms with Crippen molar-refractivity contribution in [2.75, 3.05) is 0 Å². The van der Waals surface area contributed by atoms with E-state index < -0.39 is 5.91 Å². The van der Waals surface area contributed by atoms with Crippen LogP contribution in [0.25, 0.3) is 0 Å². The molecular weight excluding hydrogens is 316 g/mol. The van der Waals surface area contributed by atoms with Gasteiger partial charge in [-0.3, -0.25) is 9.48 Å². The lowest BCUT2D eigenvalue weighted by atomic mass is 10.2. The molecular formula is C16H19ClN4O2. The molecule has 0 aliphatic heterocycles. The average Bonchev–Trinajstić information content (AvgIpc) is 2.80. The summed E-state index contributed by atoms with van der Waals surface area (Å²) in [5, 5.41) is 18.4. The van der Waals surface area contributed by atoms with Crippen molar-refractivity contribution in [2.45, 2.75) is 33.2 Å². The number of para-hydroxylation sites is 1. The molecule has 2 N–H and O–H groups in total. The van der Waals surface area contributed by atoms with Crippen LogP contribution in [-0.4, -0.2) is 27.0 Å². The van der Waals surface area contributed by atoms with E-state index in [0.717, 1.165) is 25.1 Å².